The first-order valence-corrected chi connectivity index (χ1v) is 11.2. The van der Waals surface area contributed by atoms with Gasteiger partial charge in [-0.25, -0.2) is 14.6 Å². The second-order valence-electron chi connectivity index (χ2n) is 8.41. The first kappa shape index (κ1) is 19.5. The lowest BCUT2D eigenvalue weighted by Crippen LogP contribution is -2.48. The van der Waals surface area contributed by atoms with Crippen LogP contribution in [0.4, 0.5) is 11.6 Å². The smallest absolute Gasteiger partial charge is 0.245 e. The molecule has 30 heavy (non-hydrogen) atoms. The number of hydrogen-bond donors (Lipinski definition) is 0. The van der Waals surface area contributed by atoms with E-state index in [1.54, 1.807) is 0 Å². The monoisotopic (exact) mass is 415 g/mol. The van der Waals surface area contributed by atoms with E-state index in [1.165, 1.54) is 12.8 Å². The molecule has 5 rings (SSSR count). The van der Waals surface area contributed by atoms with Crippen molar-refractivity contribution < 1.29 is 14.2 Å². The summed E-state index contributed by atoms with van der Waals surface area (Å²) in [5.41, 5.74) is 0.862. The third kappa shape index (κ3) is 3.92. The number of aromatic nitrogens is 4. The molecule has 0 N–H and O–H groups in total. The predicted octanol–water partition coefficient (Wildman–Crippen LogP) is 1.47. The number of carbonyl (C=O) groups excluding carboxylic acids is 1. The van der Waals surface area contributed by atoms with Crippen LogP contribution in [0.2, 0.25) is 0 Å². The number of morpholine rings is 1. The number of ether oxygens (including phenoxy) is 1. The lowest BCUT2D eigenvalue weighted by molar-refractivity contribution is -0.139. The van der Waals surface area contributed by atoms with Gasteiger partial charge < -0.3 is 19.4 Å². The van der Waals surface area contributed by atoms with Crippen LogP contribution in [0.5, 0.6) is 0 Å². The summed E-state index contributed by atoms with van der Waals surface area (Å²) in [5, 5.41) is 7.82. The number of anilines is 2. The summed E-state index contributed by atoms with van der Waals surface area (Å²) in [5.74, 6) is 1.86. The van der Waals surface area contributed by atoms with E-state index in [0.717, 1.165) is 57.0 Å². The molecule has 1 amide bonds. The Bertz CT molecular complexity index is 874. The summed E-state index contributed by atoms with van der Waals surface area (Å²) < 4.78 is 10.3. The van der Waals surface area contributed by atoms with Crippen LogP contribution in [0.15, 0.2) is 4.63 Å². The summed E-state index contributed by atoms with van der Waals surface area (Å²) in [6.07, 6.45) is 6.65. The zero-order chi connectivity index (χ0) is 20.3. The molecule has 3 aliphatic heterocycles. The van der Waals surface area contributed by atoms with Gasteiger partial charge in [-0.15, -0.1) is 0 Å². The summed E-state index contributed by atoms with van der Waals surface area (Å²) in [6.45, 7) is 6.06. The first-order valence-electron chi connectivity index (χ1n) is 11.2. The van der Waals surface area contributed by atoms with Crippen LogP contribution >= 0.6 is 0 Å². The van der Waals surface area contributed by atoms with Gasteiger partial charge in [-0.2, -0.15) is 0 Å². The van der Waals surface area contributed by atoms with E-state index in [2.05, 4.69) is 20.1 Å². The molecule has 10 nitrogen and oxygen atoms in total. The van der Waals surface area contributed by atoms with Gasteiger partial charge >= 0.3 is 0 Å². The number of amides is 1. The molecular formula is C20H29N7O3. The number of carbonyl (C=O) groups is 1. The fraction of sp³-hybridized carbons (Fsp3) is 0.750. The van der Waals surface area contributed by atoms with E-state index < -0.39 is 0 Å². The number of rotatable bonds is 3. The second kappa shape index (κ2) is 8.71. The Labute approximate surface area is 175 Å². The predicted molar refractivity (Wildman–Crippen MR) is 110 cm³/mol. The molecule has 162 valence electrons. The molecule has 3 fully saturated rings. The van der Waals surface area contributed by atoms with Crippen LogP contribution in [0.25, 0.3) is 11.3 Å². The quantitative estimate of drug-likeness (QED) is 0.737. The van der Waals surface area contributed by atoms with Gasteiger partial charge in [0.05, 0.1) is 19.1 Å². The van der Waals surface area contributed by atoms with Gasteiger partial charge in [0, 0.05) is 39.3 Å². The van der Waals surface area contributed by atoms with E-state index in [4.69, 9.17) is 19.3 Å². The van der Waals surface area contributed by atoms with E-state index >= 15 is 0 Å². The van der Waals surface area contributed by atoms with Crippen molar-refractivity contribution in [1.82, 2.24) is 25.2 Å². The molecule has 10 heteroatoms. The van der Waals surface area contributed by atoms with Gasteiger partial charge in [0.15, 0.2) is 11.6 Å². The maximum atomic E-state index is 13.1. The Hall–Kier alpha value is -2.49. The van der Waals surface area contributed by atoms with Gasteiger partial charge in [0.2, 0.25) is 17.2 Å². The Balaban J connectivity index is 1.42. The molecular weight excluding hydrogens is 386 g/mol. The van der Waals surface area contributed by atoms with Crippen LogP contribution in [0.3, 0.4) is 0 Å². The highest BCUT2D eigenvalue weighted by molar-refractivity contribution is 5.81. The zero-order valence-corrected chi connectivity index (χ0v) is 17.3. The minimum atomic E-state index is -0.0261. The maximum absolute atomic E-state index is 13.1. The summed E-state index contributed by atoms with van der Waals surface area (Å²) in [7, 11) is 0. The van der Waals surface area contributed by atoms with Crippen LogP contribution in [-0.4, -0.2) is 83.6 Å². The van der Waals surface area contributed by atoms with Crippen molar-refractivity contribution in [2.45, 2.75) is 38.5 Å². The molecule has 0 aliphatic carbocycles. The minimum Gasteiger partial charge on any atom is -0.378 e. The molecule has 3 saturated heterocycles. The molecule has 3 aliphatic rings. The van der Waals surface area contributed by atoms with Crippen LogP contribution in [0, 0.1) is 5.92 Å². The van der Waals surface area contributed by atoms with Crippen molar-refractivity contribution in [2.24, 2.45) is 5.92 Å². The van der Waals surface area contributed by atoms with E-state index in [1.807, 2.05) is 4.90 Å². The lowest BCUT2D eigenvalue weighted by atomic mass is 9.96. The molecule has 2 aromatic rings. The molecule has 1 unspecified atom stereocenters. The Morgan fingerprint density at radius 2 is 1.43 bits per heavy atom. The van der Waals surface area contributed by atoms with Crippen LogP contribution in [0.1, 0.15) is 38.5 Å². The minimum absolute atomic E-state index is 0.0261. The molecule has 0 bridgehead atoms. The Morgan fingerprint density at radius 3 is 2.13 bits per heavy atom. The summed E-state index contributed by atoms with van der Waals surface area (Å²) in [4.78, 5) is 29.1. The zero-order valence-electron chi connectivity index (χ0n) is 17.3. The maximum Gasteiger partial charge on any atom is 0.245 e. The number of piperidine rings is 1. The number of hydrogen-bond acceptors (Lipinski definition) is 9. The normalized spacial score (nSPS) is 23.6. The third-order valence-corrected chi connectivity index (χ3v) is 6.38. The Kier molecular flexibility index (Phi) is 5.65. The van der Waals surface area contributed by atoms with Crippen molar-refractivity contribution in [3.8, 4) is 0 Å². The standard InChI is InChI=1S/C20H29N7O3/c28-20(26-10-12-29-13-11-26)15-6-5-9-27(14-15)19-18(25-7-3-1-2-4-8-25)21-16-17(22-19)24-30-23-16/h15H,1-14H2. The molecule has 0 aromatic carbocycles. The second-order valence-corrected chi connectivity index (χ2v) is 8.41. The Morgan fingerprint density at radius 1 is 0.800 bits per heavy atom. The van der Waals surface area contributed by atoms with E-state index in [9.17, 15) is 4.79 Å². The largest absolute Gasteiger partial charge is 0.378 e. The molecule has 0 radical (unpaired) electrons. The van der Waals surface area contributed by atoms with E-state index in [-0.39, 0.29) is 11.8 Å². The van der Waals surface area contributed by atoms with Crippen molar-refractivity contribution in [1.29, 1.82) is 0 Å². The van der Waals surface area contributed by atoms with Gasteiger partial charge in [-0.3, -0.25) is 4.79 Å². The van der Waals surface area contributed by atoms with Crippen molar-refractivity contribution in [2.75, 3.05) is 62.3 Å². The molecule has 0 saturated carbocycles. The van der Waals surface area contributed by atoms with Crippen LogP contribution < -0.4 is 9.80 Å². The molecule has 1 atom stereocenters. The number of nitrogens with zero attached hydrogens (tertiary/aromatic N) is 7. The van der Waals surface area contributed by atoms with Crippen molar-refractivity contribution >= 4 is 28.8 Å². The highest BCUT2D eigenvalue weighted by Crippen LogP contribution is 2.32. The topological polar surface area (TPSA) is 101 Å². The highest BCUT2D eigenvalue weighted by Gasteiger charge is 2.33. The first-order chi connectivity index (χ1) is 14.8. The average Bonchev–Trinajstić information content (AvgIpc) is 3.09. The molecule has 0 spiro atoms. The highest BCUT2D eigenvalue weighted by atomic mass is 16.6. The number of fused-ring (bicyclic) bond motifs is 1. The third-order valence-electron chi connectivity index (χ3n) is 6.38. The average molecular weight is 415 g/mol. The van der Waals surface area contributed by atoms with Gasteiger partial charge in [0.25, 0.3) is 0 Å². The summed E-state index contributed by atoms with van der Waals surface area (Å²) >= 11 is 0. The lowest BCUT2D eigenvalue weighted by Gasteiger charge is -2.37. The van der Waals surface area contributed by atoms with E-state index in [0.29, 0.717) is 44.1 Å². The van der Waals surface area contributed by atoms with Gasteiger partial charge in [-0.05, 0) is 36.0 Å². The fourth-order valence-electron chi connectivity index (χ4n) is 4.74. The fourth-order valence-corrected chi connectivity index (χ4v) is 4.74. The molecule has 2 aromatic heterocycles. The SMILES string of the molecule is O=C(C1CCCN(c2nc3nonc3nc2N2CCCCCC2)C1)N1CCOCC1. The summed E-state index contributed by atoms with van der Waals surface area (Å²) in [6, 6.07) is 0. The van der Waals surface area contributed by atoms with Gasteiger partial charge in [0.1, 0.15) is 0 Å². The van der Waals surface area contributed by atoms with Crippen molar-refractivity contribution in [3.63, 3.8) is 0 Å². The van der Waals surface area contributed by atoms with Crippen LogP contribution in [-0.2, 0) is 9.53 Å². The van der Waals surface area contributed by atoms with Gasteiger partial charge in [-0.1, -0.05) is 12.8 Å². The van der Waals surface area contributed by atoms with Crippen molar-refractivity contribution in [3.05, 3.63) is 0 Å². The molecule has 5 heterocycles.